The summed E-state index contributed by atoms with van der Waals surface area (Å²) in [5, 5.41) is 11.0. The summed E-state index contributed by atoms with van der Waals surface area (Å²) in [4.78, 5) is 48.8. The maximum Gasteiger partial charge on any atom is 0.251 e. The molecular weight excluding hydrogens is 558 g/mol. The Hall–Kier alpha value is -2.29. The van der Waals surface area contributed by atoms with Gasteiger partial charge in [0.2, 0.25) is 11.8 Å². The Bertz CT molecular complexity index is 1190. The predicted molar refractivity (Wildman–Crippen MR) is 167 cm³/mol. The predicted octanol–water partition coefficient (Wildman–Crippen LogP) is 4.95. The highest BCUT2D eigenvalue weighted by molar-refractivity contribution is 8.02. The van der Waals surface area contributed by atoms with Gasteiger partial charge < -0.3 is 19.8 Å². The number of hydrogen-bond acceptors (Lipinski definition) is 5. The number of rotatable bonds is 12. The van der Waals surface area contributed by atoms with E-state index in [9.17, 15) is 19.5 Å². The molecule has 4 rings (SSSR count). The molecule has 0 aromatic heterocycles. The van der Waals surface area contributed by atoms with Crippen LogP contribution >= 0.6 is 23.4 Å². The standard InChI is InChI=1S/C32H44ClN3O4S/c1-8-14-34(15-9-2)29(38)25-24-17-21(7)32(41-24)26(25)30(39)36(23(18-37)19(4)5)28(32)31(40)35(16-10-3)27-20(6)12-11-13-22(27)33/h8,10-13,19,21,23-26,28,37H,1,3,9,14-18H2,2,4-7H3/t21?,23-,24-,25+,26-,28?,32?/m0/s1. The number of likely N-dealkylation sites (tertiary alicyclic amines) is 1. The van der Waals surface area contributed by atoms with Crippen LogP contribution in [0, 0.1) is 30.6 Å². The maximum absolute atomic E-state index is 14.9. The second kappa shape index (κ2) is 12.5. The number of aryl methyl sites for hydroxylation is 1. The zero-order valence-corrected chi connectivity index (χ0v) is 26.5. The second-order valence-corrected chi connectivity index (χ2v) is 14.0. The Labute approximate surface area is 254 Å². The van der Waals surface area contributed by atoms with Gasteiger partial charge in [0.15, 0.2) is 0 Å². The summed E-state index contributed by atoms with van der Waals surface area (Å²) in [5.41, 5.74) is 1.43. The minimum absolute atomic E-state index is 0.0120. The topological polar surface area (TPSA) is 81.2 Å². The number of nitrogens with zero attached hydrogens (tertiary/aromatic N) is 3. The Balaban J connectivity index is 1.89. The molecule has 7 nitrogen and oxygen atoms in total. The molecule has 3 aliphatic rings. The normalized spacial score (nSPS) is 29.0. The largest absolute Gasteiger partial charge is 0.394 e. The molecule has 1 aromatic carbocycles. The molecule has 0 saturated carbocycles. The Kier molecular flexibility index (Phi) is 9.66. The number of carbonyl (C=O) groups is 3. The van der Waals surface area contributed by atoms with E-state index in [-0.39, 0.29) is 48.0 Å². The molecule has 3 unspecified atom stereocenters. The molecule has 3 amide bonds. The van der Waals surface area contributed by atoms with E-state index in [0.717, 1.165) is 18.4 Å². The van der Waals surface area contributed by atoms with Crippen molar-refractivity contribution >= 4 is 46.8 Å². The van der Waals surface area contributed by atoms with Gasteiger partial charge in [-0.15, -0.1) is 24.9 Å². The Morgan fingerprint density at radius 3 is 2.49 bits per heavy atom. The van der Waals surface area contributed by atoms with Crippen LogP contribution in [0.1, 0.15) is 46.1 Å². The van der Waals surface area contributed by atoms with Crippen LogP contribution in [-0.2, 0) is 14.4 Å². The SMILES string of the molecule is C=CCN(CCC)C(=O)[C@@H]1[C@@H]2CC(C)C3(S2)C(C(=O)N(CC=C)c2c(C)cccc2Cl)N([C@@H](CO)C(C)C)C(=O)[C@H]13. The van der Waals surface area contributed by atoms with Gasteiger partial charge in [-0.25, -0.2) is 0 Å². The van der Waals surface area contributed by atoms with E-state index >= 15 is 0 Å². The number of fused-ring (bicyclic) bond motifs is 1. The van der Waals surface area contributed by atoms with Crippen LogP contribution in [0.25, 0.3) is 0 Å². The third-order valence-corrected chi connectivity index (χ3v) is 11.6. The summed E-state index contributed by atoms with van der Waals surface area (Å²) in [6.45, 7) is 18.6. The number of aliphatic hydroxyl groups is 1. The van der Waals surface area contributed by atoms with Crippen LogP contribution in [0.15, 0.2) is 43.5 Å². The molecule has 9 heteroatoms. The third kappa shape index (κ3) is 5.04. The smallest absolute Gasteiger partial charge is 0.251 e. The van der Waals surface area contributed by atoms with E-state index in [1.165, 1.54) is 0 Å². The maximum atomic E-state index is 14.9. The zero-order valence-electron chi connectivity index (χ0n) is 24.9. The number of anilines is 1. The number of hydrogen-bond donors (Lipinski definition) is 1. The summed E-state index contributed by atoms with van der Waals surface area (Å²) in [7, 11) is 0. The fraction of sp³-hybridized carbons (Fsp3) is 0.594. The van der Waals surface area contributed by atoms with Crippen molar-refractivity contribution in [3.63, 3.8) is 0 Å². The van der Waals surface area contributed by atoms with Crippen LogP contribution in [-0.4, -0.2) is 80.9 Å². The van der Waals surface area contributed by atoms with Gasteiger partial charge in [0.05, 0.1) is 39.9 Å². The molecule has 224 valence electrons. The summed E-state index contributed by atoms with van der Waals surface area (Å²) in [6, 6.07) is 4.07. The lowest BCUT2D eigenvalue weighted by Gasteiger charge is -2.43. The molecule has 3 saturated heterocycles. The number of aliphatic hydroxyl groups excluding tert-OH is 1. The number of carbonyl (C=O) groups excluding carboxylic acids is 3. The van der Waals surface area contributed by atoms with Gasteiger partial charge in [0.1, 0.15) is 6.04 Å². The van der Waals surface area contributed by atoms with E-state index in [1.54, 1.807) is 44.7 Å². The van der Waals surface area contributed by atoms with E-state index in [2.05, 4.69) is 20.1 Å². The van der Waals surface area contributed by atoms with Gasteiger partial charge in [0.25, 0.3) is 5.91 Å². The van der Waals surface area contributed by atoms with Crippen molar-refractivity contribution in [1.29, 1.82) is 0 Å². The first-order valence-electron chi connectivity index (χ1n) is 14.7. The number of thioether (sulfide) groups is 1. The van der Waals surface area contributed by atoms with Crippen molar-refractivity contribution in [3.05, 3.63) is 54.1 Å². The minimum atomic E-state index is -0.864. The fourth-order valence-corrected chi connectivity index (χ4v) is 10.2. The van der Waals surface area contributed by atoms with Crippen LogP contribution in [0.3, 0.4) is 0 Å². The van der Waals surface area contributed by atoms with Gasteiger partial charge >= 0.3 is 0 Å². The molecule has 1 spiro atoms. The molecule has 1 N–H and O–H groups in total. The molecule has 0 aliphatic carbocycles. The van der Waals surface area contributed by atoms with Crippen LogP contribution in [0.5, 0.6) is 0 Å². The first kappa shape index (κ1) is 31.6. The molecule has 7 atom stereocenters. The van der Waals surface area contributed by atoms with E-state index < -0.39 is 28.7 Å². The third-order valence-electron chi connectivity index (χ3n) is 9.21. The van der Waals surface area contributed by atoms with Crippen molar-refractivity contribution in [2.24, 2.45) is 23.7 Å². The second-order valence-electron chi connectivity index (χ2n) is 12.0. The van der Waals surface area contributed by atoms with Crippen LogP contribution in [0.2, 0.25) is 5.02 Å². The quantitative estimate of drug-likeness (QED) is 0.343. The van der Waals surface area contributed by atoms with Crippen LogP contribution < -0.4 is 4.90 Å². The zero-order chi connectivity index (χ0) is 30.2. The highest BCUT2D eigenvalue weighted by atomic mass is 35.5. The summed E-state index contributed by atoms with van der Waals surface area (Å²) < 4.78 is -0.803. The average Bonchev–Trinajstić information content (AvgIpc) is 3.51. The van der Waals surface area contributed by atoms with Crippen molar-refractivity contribution in [2.45, 2.75) is 69.5 Å². The van der Waals surface area contributed by atoms with Gasteiger partial charge in [0, 0.05) is 24.9 Å². The number of para-hydroxylation sites is 1. The first-order valence-corrected chi connectivity index (χ1v) is 15.9. The highest BCUT2D eigenvalue weighted by Gasteiger charge is 2.77. The average molecular weight is 602 g/mol. The summed E-state index contributed by atoms with van der Waals surface area (Å²) in [6.07, 6.45) is 4.93. The van der Waals surface area contributed by atoms with E-state index in [0.29, 0.717) is 23.8 Å². The molecule has 3 heterocycles. The lowest BCUT2D eigenvalue weighted by atomic mass is 9.65. The molecule has 3 fully saturated rings. The van der Waals surface area contributed by atoms with Gasteiger partial charge in [-0.3, -0.25) is 14.4 Å². The van der Waals surface area contributed by atoms with Crippen molar-refractivity contribution < 1.29 is 19.5 Å². The molecule has 2 bridgehead atoms. The minimum Gasteiger partial charge on any atom is -0.394 e. The monoisotopic (exact) mass is 601 g/mol. The van der Waals surface area contributed by atoms with Gasteiger partial charge in [-0.2, -0.15) is 0 Å². The van der Waals surface area contributed by atoms with Gasteiger partial charge in [-0.1, -0.05) is 63.6 Å². The highest BCUT2D eigenvalue weighted by Crippen LogP contribution is 2.69. The lowest BCUT2D eigenvalue weighted by Crippen LogP contribution is -2.60. The molecule has 3 aliphatic heterocycles. The molecular formula is C32H44ClN3O4S. The Morgan fingerprint density at radius 2 is 1.93 bits per heavy atom. The van der Waals surface area contributed by atoms with E-state index in [1.807, 2.05) is 39.8 Å². The molecule has 41 heavy (non-hydrogen) atoms. The van der Waals surface area contributed by atoms with Crippen molar-refractivity contribution in [3.8, 4) is 0 Å². The van der Waals surface area contributed by atoms with Gasteiger partial charge in [-0.05, 0) is 43.2 Å². The number of halogens is 1. The lowest BCUT2D eigenvalue weighted by molar-refractivity contribution is -0.146. The van der Waals surface area contributed by atoms with Crippen molar-refractivity contribution in [2.75, 3.05) is 31.1 Å². The number of amides is 3. The molecule has 0 radical (unpaired) electrons. The first-order chi connectivity index (χ1) is 19.5. The fourth-order valence-electron chi connectivity index (χ4n) is 7.46. The van der Waals surface area contributed by atoms with Crippen LogP contribution in [0.4, 0.5) is 5.69 Å². The number of benzene rings is 1. The Morgan fingerprint density at radius 1 is 1.24 bits per heavy atom. The van der Waals surface area contributed by atoms with Crippen molar-refractivity contribution in [1.82, 2.24) is 9.80 Å². The summed E-state index contributed by atoms with van der Waals surface area (Å²) in [5.74, 6) is -1.78. The summed E-state index contributed by atoms with van der Waals surface area (Å²) >= 11 is 8.33. The molecule has 1 aromatic rings. The van der Waals surface area contributed by atoms with E-state index in [4.69, 9.17) is 11.6 Å².